The number of pyridine rings is 1. The van der Waals surface area contributed by atoms with Gasteiger partial charge in [0.25, 0.3) is 0 Å². The van der Waals surface area contributed by atoms with E-state index in [1.54, 1.807) is 0 Å². The number of carbonyl (C=O) groups is 1. The van der Waals surface area contributed by atoms with Crippen molar-refractivity contribution in [3.8, 4) is 11.1 Å². The van der Waals surface area contributed by atoms with Crippen molar-refractivity contribution in [2.24, 2.45) is 0 Å². The zero-order chi connectivity index (χ0) is 17.9. The Morgan fingerprint density at radius 2 is 1.85 bits per heavy atom. The molecule has 0 atom stereocenters. The normalized spacial score (nSPS) is 16.4. The first-order valence-electron chi connectivity index (χ1n) is 9.83. The number of esters is 1. The zero-order valence-corrected chi connectivity index (χ0v) is 15.5. The molecule has 1 fully saturated rings. The number of hydrogen-bond donors (Lipinski definition) is 0. The Hall–Kier alpha value is -2.36. The van der Waals surface area contributed by atoms with Crippen molar-refractivity contribution in [3.63, 3.8) is 0 Å². The Morgan fingerprint density at radius 3 is 2.58 bits per heavy atom. The predicted molar refractivity (Wildman–Crippen MR) is 104 cm³/mol. The number of piperidine rings is 1. The first-order chi connectivity index (χ1) is 12.8. The summed E-state index contributed by atoms with van der Waals surface area (Å²) in [6, 6.07) is 10.3. The number of ether oxygens (including phenoxy) is 1. The number of fused-ring (bicyclic) bond motifs is 1. The van der Waals surface area contributed by atoms with Crippen molar-refractivity contribution < 1.29 is 9.53 Å². The summed E-state index contributed by atoms with van der Waals surface area (Å²) in [5.41, 5.74) is 5.21. The minimum Gasteiger partial charge on any atom is -0.462 e. The van der Waals surface area contributed by atoms with Crippen molar-refractivity contribution in [3.05, 3.63) is 47.2 Å². The van der Waals surface area contributed by atoms with Crippen LogP contribution in [0.15, 0.2) is 30.3 Å². The van der Waals surface area contributed by atoms with Crippen LogP contribution in [0.3, 0.4) is 0 Å². The Morgan fingerprint density at radius 1 is 1.08 bits per heavy atom. The summed E-state index contributed by atoms with van der Waals surface area (Å²) in [5.74, 6) is 0.594. The maximum Gasteiger partial charge on any atom is 0.342 e. The van der Waals surface area contributed by atoms with Crippen LogP contribution >= 0.6 is 0 Å². The van der Waals surface area contributed by atoms with E-state index in [9.17, 15) is 4.79 Å². The predicted octanol–water partition coefficient (Wildman–Crippen LogP) is 4.40. The summed E-state index contributed by atoms with van der Waals surface area (Å²) in [6.45, 7) is 4.17. The van der Waals surface area contributed by atoms with Crippen molar-refractivity contribution in [2.45, 2.75) is 45.4 Å². The van der Waals surface area contributed by atoms with Crippen LogP contribution in [0.2, 0.25) is 0 Å². The standard InChI is InChI=1S/C22H26N2O2/c1-2-26-22(25)20-19(16-10-5-3-6-11-16)17-12-9-13-18(17)23-21(20)24-14-7-4-8-15-24/h3,5-6,10-11H,2,4,7-9,12-15H2,1H3. The number of aryl methyl sites for hydroxylation is 1. The van der Waals surface area contributed by atoms with E-state index >= 15 is 0 Å². The van der Waals surface area contributed by atoms with Crippen LogP contribution in [0.1, 0.15) is 54.2 Å². The fourth-order valence-electron chi connectivity index (χ4n) is 4.22. The zero-order valence-electron chi connectivity index (χ0n) is 15.5. The van der Waals surface area contributed by atoms with Gasteiger partial charge in [0.05, 0.1) is 6.61 Å². The number of carbonyl (C=O) groups excluding carboxylic acids is 1. The van der Waals surface area contributed by atoms with Crippen molar-refractivity contribution >= 4 is 11.8 Å². The molecule has 2 aromatic rings. The van der Waals surface area contributed by atoms with Crippen molar-refractivity contribution in [1.82, 2.24) is 4.98 Å². The lowest BCUT2D eigenvalue weighted by atomic mass is 9.93. The second-order valence-electron chi connectivity index (χ2n) is 7.10. The van der Waals surface area contributed by atoms with Crippen molar-refractivity contribution in [1.29, 1.82) is 0 Å². The van der Waals surface area contributed by atoms with Gasteiger partial charge in [-0.05, 0) is 56.6 Å². The monoisotopic (exact) mass is 350 g/mol. The van der Waals surface area contributed by atoms with E-state index in [1.807, 2.05) is 25.1 Å². The first-order valence-corrected chi connectivity index (χ1v) is 9.83. The van der Waals surface area contributed by atoms with E-state index in [2.05, 4.69) is 17.0 Å². The van der Waals surface area contributed by atoms with Gasteiger partial charge in [-0.1, -0.05) is 30.3 Å². The quantitative estimate of drug-likeness (QED) is 0.766. The summed E-state index contributed by atoms with van der Waals surface area (Å²) < 4.78 is 5.48. The van der Waals surface area contributed by atoms with Crippen LogP contribution in [0.5, 0.6) is 0 Å². The van der Waals surface area contributed by atoms with Gasteiger partial charge in [0.2, 0.25) is 0 Å². The molecule has 0 radical (unpaired) electrons. The average Bonchev–Trinajstić information content (AvgIpc) is 3.16. The highest BCUT2D eigenvalue weighted by molar-refractivity contribution is 6.03. The minimum absolute atomic E-state index is 0.242. The molecule has 4 heteroatoms. The Kier molecular flexibility index (Phi) is 4.91. The molecule has 136 valence electrons. The Balaban J connectivity index is 1.95. The molecule has 1 aromatic carbocycles. The summed E-state index contributed by atoms with van der Waals surface area (Å²) in [4.78, 5) is 20.3. The summed E-state index contributed by atoms with van der Waals surface area (Å²) in [5, 5.41) is 0. The summed E-state index contributed by atoms with van der Waals surface area (Å²) in [7, 11) is 0. The molecule has 26 heavy (non-hydrogen) atoms. The average molecular weight is 350 g/mol. The first kappa shape index (κ1) is 17.1. The Bertz CT molecular complexity index is 796. The smallest absolute Gasteiger partial charge is 0.342 e. The lowest BCUT2D eigenvalue weighted by Crippen LogP contribution is -2.32. The SMILES string of the molecule is CCOC(=O)c1c(N2CCCCC2)nc2c(c1-c1ccccc1)CCC2. The number of benzene rings is 1. The van der Waals surface area contributed by atoms with Crippen LogP contribution in [-0.2, 0) is 17.6 Å². The highest BCUT2D eigenvalue weighted by atomic mass is 16.5. The molecule has 1 saturated heterocycles. The Labute approximate surface area is 155 Å². The highest BCUT2D eigenvalue weighted by Crippen LogP contribution is 2.39. The number of anilines is 1. The molecule has 0 saturated carbocycles. The van der Waals surface area contributed by atoms with E-state index in [4.69, 9.17) is 9.72 Å². The molecule has 1 aromatic heterocycles. The molecule has 0 N–H and O–H groups in total. The molecule has 2 heterocycles. The maximum absolute atomic E-state index is 13.0. The summed E-state index contributed by atoms with van der Waals surface area (Å²) >= 11 is 0. The fraction of sp³-hybridized carbons (Fsp3) is 0.455. The van der Waals surface area contributed by atoms with Gasteiger partial charge >= 0.3 is 5.97 Å². The largest absolute Gasteiger partial charge is 0.462 e. The number of aromatic nitrogens is 1. The van der Waals surface area contributed by atoms with Crippen LogP contribution in [0, 0.1) is 0 Å². The number of nitrogens with zero attached hydrogens (tertiary/aromatic N) is 2. The topological polar surface area (TPSA) is 42.4 Å². The third kappa shape index (κ3) is 3.09. The van der Waals surface area contributed by atoms with Gasteiger partial charge in [0.1, 0.15) is 11.4 Å². The molecule has 4 nitrogen and oxygen atoms in total. The van der Waals surface area contributed by atoms with E-state index in [0.29, 0.717) is 12.2 Å². The van der Waals surface area contributed by atoms with E-state index in [1.165, 1.54) is 12.0 Å². The molecular formula is C22H26N2O2. The minimum atomic E-state index is -0.242. The molecule has 0 unspecified atom stereocenters. The van der Waals surface area contributed by atoms with Crippen LogP contribution in [0.25, 0.3) is 11.1 Å². The van der Waals surface area contributed by atoms with Crippen molar-refractivity contribution in [2.75, 3.05) is 24.6 Å². The number of rotatable bonds is 4. The van der Waals surface area contributed by atoms with E-state index in [0.717, 1.165) is 67.8 Å². The fourth-order valence-corrected chi connectivity index (χ4v) is 4.22. The molecule has 1 aliphatic carbocycles. The van der Waals surface area contributed by atoms with Gasteiger partial charge in [0.15, 0.2) is 0 Å². The molecule has 2 aliphatic rings. The lowest BCUT2D eigenvalue weighted by molar-refractivity contribution is 0.0527. The lowest BCUT2D eigenvalue weighted by Gasteiger charge is -2.30. The molecular weight excluding hydrogens is 324 g/mol. The molecule has 0 bridgehead atoms. The van der Waals surface area contributed by atoms with Gasteiger partial charge in [-0.3, -0.25) is 0 Å². The highest BCUT2D eigenvalue weighted by Gasteiger charge is 2.30. The van der Waals surface area contributed by atoms with Gasteiger partial charge in [-0.2, -0.15) is 0 Å². The maximum atomic E-state index is 13.0. The van der Waals surface area contributed by atoms with E-state index < -0.39 is 0 Å². The summed E-state index contributed by atoms with van der Waals surface area (Å²) in [6.07, 6.45) is 6.65. The van der Waals surface area contributed by atoms with Gasteiger partial charge in [0, 0.05) is 24.3 Å². The van der Waals surface area contributed by atoms with Crippen LogP contribution in [0.4, 0.5) is 5.82 Å². The molecule has 0 amide bonds. The van der Waals surface area contributed by atoms with Crippen LogP contribution < -0.4 is 4.90 Å². The van der Waals surface area contributed by atoms with Gasteiger partial charge < -0.3 is 9.64 Å². The molecule has 1 aliphatic heterocycles. The second-order valence-corrected chi connectivity index (χ2v) is 7.10. The third-order valence-corrected chi connectivity index (χ3v) is 5.40. The third-order valence-electron chi connectivity index (χ3n) is 5.40. The molecule has 0 spiro atoms. The second kappa shape index (κ2) is 7.48. The molecule has 4 rings (SSSR count). The number of hydrogen-bond acceptors (Lipinski definition) is 4. The van der Waals surface area contributed by atoms with Gasteiger partial charge in [-0.15, -0.1) is 0 Å². The van der Waals surface area contributed by atoms with E-state index in [-0.39, 0.29) is 5.97 Å². The van der Waals surface area contributed by atoms with Crippen LogP contribution in [-0.4, -0.2) is 30.6 Å². The van der Waals surface area contributed by atoms with Gasteiger partial charge in [-0.25, -0.2) is 9.78 Å².